The molecule has 3 nitrogen and oxygen atoms in total. The van der Waals surface area contributed by atoms with Crippen molar-refractivity contribution in [1.82, 2.24) is 4.90 Å². The lowest BCUT2D eigenvalue weighted by atomic mass is 9.95. The average molecular weight is 304 g/mol. The molecule has 0 spiro atoms. The Morgan fingerprint density at radius 2 is 2.20 bits per heavy atom. The van der Waals surface area contributed by atoms with Crippen LogP contribution in [0.15, 0.2) is 12.1 Å². The summed E-state index contributed by atoms with van der Waals surface area (Å²) in [6.07, 6.45) is -0.402. The third-order valence-corrected chi connectivity index (χ3v) is 4.18. The fourth-order valence-corrected chi connectivity index (χ4v) is 2.50. The van der Waals surface area contributed by atoms with Crippen molar-refractivity contribution in [3.05, 3.63) is 34.4 Å². The van der Waals surface area contributed by atoms with Crippen LogP contribution < -0.4 is 0 Å². The molecule has 1 fully saturated rings. The molecule has 1 heterocycles. The van der Waals surface area contributed by atoms with E-state index in [1.165, 1.54) is 4.90 Å². The molecule has 1 amide bonds. The second-order valence-electron chi connectivity index (χ2n) is 5.53. The van der Waals surface area contributed by atoms with Crippen molar-refractivity contribution in [2.75, 3.05) is 13.1 Å². The van der Waals surface area contributed by atoms with Gasteiger partial charge in [0.2, 0.25) is 5.91 Å². The number of benzene rings is 1. The number of hydrogen-bond acceptors (Lipinski definition) is 2. The molecule has 1 saturated heterocycles. The summed E-state index contributed by atoms with van der Waals surface area (Å²) in [6, 6.07) is 2.15. The van der Waals surface area contributed by atoms with E-state index in [0.717, 1.165) is 12.1 Å². The number of rotatable bonds is 2. The molecule has 2 rings (SSSR count). The Hall–Kier alpha value is -1.20. The van der Waals surface area contributed by atoms with Gasteiger partial charge in [-0.15, -0.1) is 0 Å². The van der Waals surface area contributed by atoms with E-state index in [4.69, 9.17) is 11.6 Å². The lowest BCUT2D eigenvalue weighted by Crippen LogP contribution is -2.36. The zero-order valence-corrected chi connectivity index (χ0v) is 12.0. The quantitative estimate of drug-likeness (QED) is 0.852. The van der Waals surface area contributed by atoms with Crippen LogP contribution >= 0.6 is 11.6 Å². The molecule has 1 aromatic rings. The van der Waals surface area contributed by atoms with Gasteiger partial charge in [-0.05, 0) is 19.1 Å². The van der Waals surface area contributed by atoms with E-state index in [0.29, 0.717) is 6.54 Å². The number of carbonyl (C=O) groups is 1. The van der Waals surface area contributed by atoms with Crippen LogP contribution in [0.4, 0.5) is 8.78 Å². The van der Waals surface area contributed by atoms with Gasteiger partial charge in [0.05, 0.1) is 17.0 Å². The lowest BCUT2D eigenvalue weighted by molar-refractivity contribution is -0.130. The van der Waals surface area contributed by atoms with Gasteiger partial charge in [-0.2, -0.15) is 0 Å². The first-order valence-electron chi connectivity index (χ1n) is 6.35. The van der Waals surface area contributed by atoms with Gasteiger partial charge in [0.25, 0.3) is 0 Å². The van der Waals surface area contributed by atoms with Crippen LogP contribution in [0.5, 0.6) is 0 Å². The fraction of sp³-hybridized carbons (Fsp3) is 0.500. The van der Waals surface area contributed by atoms with Crippen LogP contribution in [0.3, 0.4) is 0 Å². The van der Waals surface area contributed by atoms with Gasteiger partial charge in [-0.1, -0.05) is 18.5 Å². The van der Waals surface area contributed by atoms with E-state index in [1.54, 1.807) is 6.92 Å². The molecule has 0 aliphatic carbocycles. The minimum atomic E-state index is -0.971. The Balaban J connectivity index is 2.16. The van der Waals surface area contributed by atoms with E-state index < -0.39 is 29.6 Å². The summed E-state index contributed by atoms with van der Waals surface area (Å²) in [5.41, 5.74) is -1.30. The predicted octanol–water partition coefficient (Wildman–Crippen LogP) is 2.39. The van der Waals surface area contributed by atoms with Gasteiger partial charge >= 0.3 is 0 Å². The second-order valence-corrected chi connectivity index (χ2v) is 5.94. The SMILES string of the molecule is CC1CN(C(=O)Cc2c(F)ccc(Cl)c2F)CC1(C)O. The number of β-amino-alcohol motifs (C(OH)–C–C–N with tert-alkyl or cyclic N) is 1. The molecule has 1 aliphatic heterocycles. The van der Waals surface area contributed by atoms with Crippen LogP contribution in [0.2, 0.25) is 5.02 Å². The zero-order valence-electron chi connectivity index (χ0n) is 11.3. The van der Waals surface area contributed by atoms with Crippen molar-refractivity contribution in [3.63, 3.8) is 0 Å². The molecule has 2 unspecified atom stereocenters. The van der Waals surface area contributed by atoms with E-state index >= 15 is 0 Å². The number of likely N-dealkylation sites (tertiary alicyclic amines) is 1. The minimum Gasteiger partial charge on any atom is -0.388 e. The van der Waals surface area contributed by atoms with Gasteiger partial charge < -0.3 is 10.0 Å². The Labute approximate surface area is 121 Å². The first-order valence-corrected chi connectivity index (χ1v) is 6.72. The molecule has 1 N–H and O–H groups in total. The monoisotopic (exact) mass is 303 g/mol. The Kier molecular flexibility index (Phi) is 4.02. The van der Waals surface area contributed by atoms with Crippen LogP contribution in [0.1, 0.15) is 19.4 Å². The van der Waals surface area contributed by atoms with Crippen molar-refractivity contribution in [3.8, 4) is 0 Å². The van der Waals surface area contributed by atoms with Gasteiger partial charge in [0.15, 0.2) is 0 Å². The third kappa shape index (κ3) is 2.79. The maximum absolute atomic E-state index is 13.7. The summed E-state index contributed by atoms with van der Waals surface area (Å²) in [5, 5.41) is 9.83. The lowest BCUT2D eigenvalue weighted by Gasteiger charge is -2.20. The van der Waals surface area contributed by atoms with Crippen molar-refractivity contribution in [1.29, 1.82) is 0 Å². The van der Waals surface area contributed by atoms with Crippen molar-refractivity contribution in [2.24, 2.45) is 5.92 Å². The smallest absolute Gasteiger partial charge is 0.227 e. The highest BCUT2D eigenvalue weighted by atomic mass is 35.5. The Bertz CT molecular complexity index is 548. The van der Waals surface area contributed by atoms with Crippen LogP contribution in [-0.4, -0.2) is 34.6 Å². The minimum absolute atomic E-state index is 0.0829. The van der Waals surface area contributed by atoms with E-state index in [9.17, 15) is 18.7 Å². The Morgan fingerprint density at radius 1 is 1.55 bits per heavy atom. The summed E-state index contributed by atoms with van der Waals surface area (Å²) >= 11 is 5.59. The van der Waals surface area contributed by atoms with E-state index in [1.807, 2.05) is 6.92 Å². The summed E-state index contributed by atoms with van der Waals surface area (Å²) in [5.74, 6) is -2.20. The summed E-state index contributed by atoms with van der Waals surface area (Å²) in [6.45, 7) is 4.01. The molecular formula is C14H16ClF2NO2. The standard InChI is InChI=1S/C14H16ClF2NO2/c1-8-6-18(7-14(8,2)20)12(19)5-9-11(16)4-3-10(15)13(9)17/h3-4,8,20H,5-7H2,1-2H3. The molecule has 0 bridgehead atoms. The topological polar surface area (TPSA) is 40.5 Å². The molecule has 20 heavy (non-hydrogen) atoms. The third-order valence-electron chi connectivity index (χ3n) is 3.89. The maximum atomic E-state index is 13.7. The number of aliphatic hydroxyl groups is 1. The van der Waals surface area contributed by atoms with Crippen molar-refractivity contribution >= 4 is 17.5 Å². The van der Waals surface area contributed by atoms with Crippen LogP contribution in [0, 0.1) is 17.6 Å². The molecular weight excluding hydrogens is 288 g/mol. The summed E-state index contributed by atoms with van der Waals surface area (Å²) in [4.78, 5) is 13.5. The highest BCUT2D eigenvalue weighted by Gasteiger charge is 2.40. The van der Waals surface area contributed by atoms with E-state index in [-0.39, 0.29) is 23.0 Å². The molecule has 0 aromatic heterocycles. The first kappa shape index (κ1) is 15.2. The summed E-state index contributed by atoms with van der Waals surface area (Å²) in [7, 11) is 0. The zero-order chi connectivity index (χ0) is 15.1. The largest absolute Gasteiger partial charge is 0.388 e. The van der Waals surface area contributed by atoms with Gasteiger partial charge in [0, 0.05) is 24.6 Å². The van der Waals surface area contributed by atoms with E-state index in [2.05, 4.69) is 0 Å². The molecule has 2 atom stereocenters. The highest BCUT2D eigenvalue weighted by molar-refractivity contribution is 6.30. The highest BCUT2D eigenvalue weighted by Crippen LogP contribution is 2.28. The van der Waals surface area contributed by atoms with Crippen LogP contribution in [0.25, 0.3) is 0 Å². The number of hydrogen-bond donors (Lipinski definition) is 1. The molecule has 6 heteroatoms. The molecule has 110 valence electrons. The van der Waals surface area contributed by atoms with Gasteiger partial charge in [-0.3, -0.25) is 4.79 Å². The number of nitrogens with zero attached hydrogens (tertiary/aromatic N) is 1. The molecule has 0 radical (unpaired) electrons. The van der Waals surface area contributed by atoms with Crippen LogP contribution in [-0.2, 0) is 11.2 Å². The molecule has 0 saturated carbocycles. The molecule has 1 aliphatic rings. The Morgan fingerprint density at radius 3 is 2.75 bits per heavy atom. The van der Waals surface area contributed by atoms with Gasteiger partial charge in [0.1, 0.15) is 11.6 Å². The number of amides is 1. The maximum Gasteiger partial charge on any atom is 0.227 e. The van der Waals surface area contributed by atoms with Crippen molar-refractivity contribution < 1.29 is 18.7 Å². The second kappa shape index (κ2) is 5.30. The molecule has 1 aromatic carbocycles. The normalized spacial score (nSPS) is 26.1. The van der Waals surface area contributed by atoms with Gasteiger partial charge in [-0.25, -0.2) is 8.78 Å². The first-order chi connectivity index (χ1) is 9.22. The summed E-state index contributed by atoms with van der Waals surface area (Å²) < 4.78 is 27.3. The number of carbonyl (C=O) groups excluding carboxylic acids is 1. The number of halogens is 3. The predicted molar refractivity (Wildman–Crippen MR) is 71.4 cm³/mol. The fourth-order valence-electron chi connectivity index (χ4n) is 2.32. The van der Waals surface area contributed by atoms with Crippen molar-refractivity contribution in [2.45, 2.75) is 25.9 Å². The average Bonchev–Trinajstić information content (AvgIpc) is 2.64.